The van der Waals surface area contributed by atoms with Gasteiger partial charge in [0.15, 0.2) is 16.5 Å². The van der Waals surface area contributed by atoms with Gasteiger partial charge >= 0.3 is 0 Å². The standard InChI is InChI=1S/C20H20ClN3O4S/c1-27-17-8-5-15(11-18(17)28-2)12-22-19-9-10-20(24-23-19)29(25,26)13-14-3-6-16(21)7-4-14/h3-11H,12-13H2,1-2H3,(H,22,23). The summed E-state index contributed by atoms with van der Waals surface area (Å²) >= 11 is 5.83. The zero-order valence-corrected chi connectivity index (χ0v) is 17.5. The molecular formula is C20H20ClN3O4S. The molecule has 0 saturated heterocycles. The molecule has 0 aliphatic carbocycles. The summed E-state index contributed by atoms with van der Waals surface area (Å²) in [5.74, 6) is 1.56. The van der Waals surface area contributed by atoms with Crippen LogP contribution in [0.5, 0.6) is 11.5 Å². The third-order valence-electron chi connectivity index (χ3n) is 4.15. The number of hydrogen-bond donors (Lipinski definition) is 1. The van der Waals surface area contributed by atoms with E-state index in [2.05, 4.69) is 15.5 Å². The smallest absolute Gasteiger partial charge is 0.201 e. The Morgan fingerprint density at radius 1 is 0.897 bits per heavy atom. The molecule has 0 spiro atoms. The summed E-state index contributed by atoms with van der Waals surface area (Å²) < 4.78 is 35.6. The van der Waals surface area contributed by atoms with Gasteiger partial charge in [-0.3, -0.25) is 0 Å². The van der Waals surface area contributed by atoms with E-state index in [1.165, 1.54) is 6.07 Å². The summed E-state index contributed by atoms with van der Waals surface area (Å²) in [6, 6.07) is 15.2. The lowest BCUT2D eigenvalue weighted by molar-refractivity contribution is 0.354. The minimum absolute atomic E-state index is 0.0795. The van der Waals surface area contributed by atoms with Crippen LogP contribution in [0, 0.1) is 0 Å². The van der Waals surface area contributed by atoms with Crippen molar-refractivity contribution in [2.75, 3.05) is 19.5 Å². The van der Waals surface area contributed by atoms with Gasteiger partial charge in [0.05, 0.1) is 20.0 Å². The number of hydrogen-bond acceptors (Lipinski definition) is 7. The quantitative estimate of drug-likeness (QED) is 0.578. The van der Waals surface area contributed by atoms with E-state index in [0.717, 1.165) is 5.56 Å². The minimum atomic E-state index is -3.60. The van der Waals surface area contributed by atoms with Crippen LogP contribution in [0.3, 0.4) is 0 Å². The summed E-state index contributed by atoms with van der Waals surface area (Å²) in [6.45, 7) is 0.464. The summed E-state index contributed by atoms with van der Waals surface area (Å²) in [4.78, 5) is 0. The average molecular weight is 434 g/mol. The maximum atomic E-state index is 12.5. The molecule has 3 aromatic rings. The van der Waals surface area contributed by atoms with Gasteiger partial charge in [0, 0.05) is 11.6 Å². The Hall–Kier alpha value is -2.84. The predicted octanol–water partition coefficient (Wildman–Crippen LogP) is 3.73. The van der Waals surface area contributed by atoms with Crippen LogP contribution in [0.25, 0.3) is 0 Å². The Bertz CT molecular complexity index is 1070. The number of anilines is 1. The van der Waals surface area contributed by atoms with Crippen molar-refractivity contribution in [3.05, 3.63) is 70.7 Å². The topological polar surface area (TPSA) is 90.4 Å². The molecule has 0 radical (unpaired) electrons. The normalized spacial score (nSPS) is 11.1. The Labute approximate surface area is 174 Å². The van der Waals surface area contributed by atoms with E-state index in [4.69, 9.17) is 21.1 Å². The second kappa shape index (κ2) is 9.11. The molecule has 0 fully saturated rings. The molecule has 0 atom stereocenters. The molecule has 0 amide bonds. The summed E-state index contributed by atoms with van der Waals surface area (Å²) in [5.41, 5.74) is 1.58. The van der Waals surface area contributed by atoms with Gasteiger partial charge in [0.25, 0.3) is 0 Å². The van der Waals surface area contributed by atoms with Crippen molar-refractivity contribution >= 4 is 27.3 Å². The van der Waals surface area contributed by atoms with Crippen molar-refractivity contribution in [1.29, 1.82) is 0 Å². The van der Waals surface area contributed by atoms with Gasteiger partial charge in [-0.25, -0.2) is 8.42 Å². The van der Waals surface area contributed by atoms with Crippen molar-refractivity contribution in [1.82, 2.24) is 10.2 Å². The highest BCUT2D eigenvalue weighted by molar-refractivity contribution is 7.90. The summed E-state index contributed by atoms with van der Waals surface area (Å²) in [7, 11) is -0.451. The maximum absolute atomic E-state index is 12.5. The number of sulfone groups is 1. The Morgan fingerprint density at radius 2 is 1.59 bits per heavy atom. The van der Waals surface area contributed by atoms with Crippen LogP contribution < -0.4 is 14.8 Å². The lowest BCUT2D eigenvalue weighted by atomic mass is 10.2. The molecule has 0 unspecified atom stereocenters. The van der Waals surface area contributed by atoms with E-state index in [0.29, 0.717) is 34.4 Å². The van der Waals surface area contributed by atoms with E-state index in [-0.39, 0.29) is 10.8 Å². The van der Waals surface area contributed by atoms with Gasteiger partial charge in [-0.15, -0.1) is 10.2 Å². The third-order valence-corrected chi connectivity index (χ3v) is 5.97. The Kier molecular flexibility index (Phi) is 6.56. The van der Waals surface area contributed by atoms with Gasteiger partial charge in [-0.2, -0.15) is 0 Å². The monoisotopic (exact) mass is 433 g/mol. The molecule has 1 N–H and O–H groups in total. The molecule has 1 aromatic heterocycles. The highest BCUT2D eigenvalue weighted by atomic mass is 35.5. The number of methoxy groups -OCH3 is 2. The number of rotatable bonds is 8. The first-order valence-corrected chi connectivity index (χ1v) is 10.7. The van der Waals surface area contributed by atoms with Crippen LogP contribution >= 0.6 is 11.6 Å². The highest BCUT2D eigenvalue weighted by Gasteiger charge is 2.18. The van der Waals surface area contributed by atoms with Gasteiger partial charge in [0.1, 0.15) is 5.82 Å². The largest absolute Gasteiger partial charge is 0.493 e. The van der Waals surface area contributed by atoms with E-state index < -0.39 is 9.84 Å². The Morgan fingerprint density at radius 3 is 2.21 bits per heavy atom. The molecule has 9 heteroatoms. The van der Waals surface area contributed by atoms with E-state index in [9.17, 15) is 8.42 Å². The Balaban J connectivity index is 1.66. The fourth-order valence-electron chi connectivity index (χ4n) is 2.64. The molecular weight excluding hydrogens is 414 g/mol. The van der Waals surface area contributed by atoms with E-state index >= 15 is 0 Å². The lowest BCUT2D eigenvalue weighted by Gasteiger charge is -2.10. The molecule has 2 aromatic carbocycles. The number of aromatic nitrogens is 2. The number of ether oxygens (including phenoxy) is 2. The minimum Gasteiger partial charge on any atom is -0.493 e. The molecule has 3 rings (SSSR count). The van der Waals surface area contributed by atoms with Gasteiger partial charge < -0.3 is 14.8 Å². The number of nitrogens with one attached hydrogen (secondary N) is 1. The molecule has 29 heavy (non-hydrogen) atoms. The summed E-state index contributed by atoms with van der Waals surface area (Å²) in [6.07, 6.45) is 0. The van der Waals surface area contributed by atoms with Gasteiger partial charge in [-0.1, -0.05) is 29.8 Å². The zero-order valence-electron chi connectivity index (χ0n) is 15.9. The number of nitrogens with zero attached hydrogens (tertiary/aromatic N) is 2. The molecule has 0 saturated carbocycles. The van der Waals surface area contributed by atoms with Crippen molar-refractivity contribution in [2.24, 2.45) is 0 Å². The maximum Gasteiger partial charge on any atom is 0.201 e. The second-order valence-corrected chi connectivity index (χ2v) is 8.56. The van der Waals surface area contributed by atoms with Crippen molar-refractivity contribution in [3.8, 4) is 11.5 Å². The first-order chi connectivity index (χ1) is 13.9. The highest BCUT2D eigenvalue weighted by Crippen LogP contribution is 2.27. The predicted molar refractivity (Wildman–Crippen MR) is 111 cm³/mol. The SMILES string of the molecule is COc1ccc(CNc2ccc(S(=O)(=O)Cc3ccc(Cl)cc3)nn2)cc1OC. The van der Waals surface area contributed by atoms with Gasteiger partial charge in [0.2, 0.25) is 9.84 Å². The number of halogens is 1. The van der Waals surface area contributed by atoms with Crippen LogP contribution in [0.2, 0.25) is 5.02 Å². The number of benzene rings is 2. The molecule has 0 aliphatic heterocycles. The van der Waals surface area contributed by atoms with Gasteiger partial charge in [-0.05, 0) is 47.5 Å². The van der Waals surface area contributed by atoms with Crippen LogP contribution in [-0.2, 0) is 22.1 Å². The lowest BCUT2D eigenvalue weighted by Crippen LogP contribution is -2.09. The fraction of sp³-hybridized carbons (Fsp3) is 0.200. The fourth-order valence-corrected chi connectivity index (χ4v) is 3.98. The second-order valence-electron chi connectivity index (χ2n) is 6.19. The first kappa shape index (κ1) is 20.9. The molecule has 7 nitrogen and oxygen atoms in total. The van der Waals surface area contributed by atoms with Crippen molar-refractivity contribution < 1.29 is 17.9 Å². The molecule has 0 aliphatic rings. The van der Waals surface area contributed by atoms with Crippen LogP contribution in [0.4, 0.5) is 5.82 Å². The summed E-state index contributed by atoms with van der Waals surface area (Å²) in [5, 5.41) is 11.4. The van der Waals surface area contributed by atoms with Crippen LogP contribution in [0.1, 0.15) is 11.1 Å². The third kappa shape index (κ3) is 5.36. The van der Waals surface area contributed by atoms with Crippen molar-refractivity contribution in [3.63, 3.8) is 0 Å². The zero-order chi connectivity index (χ0) is 20.9. The van der Waals surface area contributed by atoms with E-state index in [1.54, 1.807) is 44.6 Å². The molecule has 1 heterocycles. The first-order valence-electron chi connectivity index (χ1n) is 8.67. The van der Waals surface area contributed by atoms with Crippen molar-refractivity contribution in [2.45, 2.75) is 17.3 Å². The average Bonchev–Trinajstić information content (AvgIpc) is 2.73. The van der Waals surface area contributed by atoms with Crippen LogP contribution in [0.15, 0.2) is 59.6 Å². The molecule has 0 bridgehead atoms. The van der Waals surface area contributed by atoms with Crippen LogP contribution in [-0.4, -0.2) is 32.8 Å². The molecule has 152 valence electrons. The van der Waals surface area contributed by atoms with E-state index in [1.807, 2.05) is 18.2 Å².